The molecule has 1 unspecified atom stereocenters. The summed E-state index contributed by atoms with van der Waals surface area (Å²) in [5, 5.41) is -0.867. The predicted molar refractivity (Wildman–Crippen MR) is 72.4 cm³/mol. The lowest BCUT2D eigenvalue weighted by Gasteiger charge is -2.09. The predicted octanol–water partition coefficient (Wildman–Crippen LogP) is -1.19. The molecule has 0 fully saturated rings. The van der Waals surface area contributed by atoms with Crippen molar-refractivity contribution in [3.8, 4) is 0 Å². The zero-order valence-electron chi connectivity index (χ0n) is 12.1. The van der Waals surface area contributed by atoms with Crippen molar-refractivity contribution in [3.63, 3.8) is 0 Å². The number of aryl methyl sites for hydroxylation is 2. The molecule has 2 aromatic heterocycles. The fraction of sp³-hybridized carbons (Fsp3) is 0.500. The largest absolute Gasteiger partial charge is 0.332 e. The van der Waals surface area contributed by atoms with Crippen LogP contribution in [-0.2, 0) is 31.2 Å². The molecular formula is C10H12F3N5O4S. The van der Waals surface area contributed by atoms with E-state index in [1.807, 2.05) is 0 Å². The molecule has 2 heterocycles. The average molecular weight is 355 g/mol. The summed E-state index contributed by atoms with van der Waals surface area (Å²) in [6.07, 6.45) is -6.71. The average Bonchev–Trinajstić information content (AvgIpc) is 2.81. The minimum Gasteiger partial charge on any atom is -0.311 e. The summed E-state index contributed by atoms with van der Waals surface area (Å²) < 4.78 is 64.8. The molecule has 0 aliphatic rings. The maximum Gasteiger partial charge on any atom is 0.332 e. The molecule has 0 aliphatic carbocycles. The molecule has 0 amide bonds. The van der Waals surface area contributed by atoms with E-state index in [0.29, 0.717) is 0 Å². The minimum atomic E-state index is -4.77. The van der Waals surface area contributed by atoms with E-state index in [4.69, 9.17) is 0 Å². The second kappa shape index (κ2) is 5.49. The Morgan fingerprint density at radius 1 is 1.04 bits per heavy atom. The summed E-state index contributed by atoms with van der Waals surface area (Å²) in [6, 6.07) is 0. The molecule has 2 aromatic rings. The van der Waals surface area contributed by atoms with Gasteiger partial charge in [-0.05, 0) is 0 Å². The Balaban J connectivity index is 2.77. The molecule has 0 bridgehead atoms. The number of sulfonamides is 1. The van der Waals surface area contributed by atoms with E-state index >= 15 is 0 Å². The molecular weight excluding hydrogens is 343 g/mol. The molecule has 0 aromatic carbocycles. The van der Waals surface area contributed by atoms with Crippen molar-refractivity contribution in [2.24, 2.45) is 21.1 Å². The summed E-state index contributed by atoms with van der Waals surface area (Å²) in [4.78, 5) is 27.5. The maximum absolute atomic E-state index is 13.0. The van der Waals surface area contributed by atoms with Crippen molar-refractivity contribution in [2.45, 2.75) is 17.9 Å². The number of rotatable bonds is 4. The highest BCUT2D eigenvalue weighted by molar-refractivity contribution is 7.89. The van der Waals surface area contributed by atoms with Gasteiger partial charge in [-0.2, -0.15) is 9.71 Å². The second-order valence-corrected chi connectivity index (χ2v) is 6.30. The molecule has 1 atom stereocenters. The quantitative estimate of drug-likeness (QED) is 0.694. The van der Waals surface area contributed by atoms with Crippen LogP contribution in [0.5, 0.6) is 0 Å². The van der Waals surface area contributed by atoms with Crippen LogP contribution in [-0.4, -0.2) is 39.8 Å². The standard InChI is InChI=1S/C10H12F3N5O4S/c1-16-4-7(17(2)10(20)18(3)8(4)19)14-9(16)23(21,22)15-6(13)5(11)12/h5-6,15H,1-3H3. The van der Waals surface area contributed by atoms with Gasteiger partial charge < -0.3 is 4.57 Å². The van der Waals surface area contributed by atoms with Gasteiger partial charge in [0.2, 0.25) is 11.5 Å². The summed E-state index contributed by atoms with van der Waals surface area (Å²) in [5.41, 5.74) is -2.10. The van der Waals surface area contributed by atoms with Crippen molar-refractivity contribution in [3.05, 3.63) is 20.8 Å². The van der Waals surface area contributed by atoms with Gasteiger partial charge in [-0.3, -0.25) is 13.9 Å². The summed E-state index contributed by atoms with van der Waals surface area (Å²) in [7, 11) is -1.22. The first-order valence-corrected chi connectivity index (χ1v) is 7.54. The second-order valence-electron chi connectivity index (χ2n) is 4.69. The Bertz CT molecular complexity index is 991. The first-order chi connectivity index (χ1) is 10.5. The number of halogens is 3. The van der Waals surface area contributed by atoms with Crippen LogP contribution in [0.2, 0.25) is 0 Å². The van der Waals surface area contributed by atoms with E-state index in [2.05, 4.69) is 4.98 Å². The van der Waals surface area contributed by atoms with Gasteiger partial charge in [0.25, 0.3) is 22.0 Å². The van der Waals surface area contributed by atoms with Gasteiger partial charge in [0.05, 0.1) is 0 Å². The fourth-order valence-corrected chi connectivity index (χ4v) is 3.15. The number of hydrogen-bond acceptors (Lipinski definition) is 5. The Morgan fingerprint density at radius 2 is 1.61 bits per heavy atom. The zero-order chi connectivity index (χ0) is 17.7. The van der Waals surface area contributed by atoms with Crippen LogP contribution >= 0.6 is 0 Å². The maximum atomic E-state index is 13.0. The van der Waals surface area contributed by atoms with Gasteiger partial charge in [-0.15, -0.1) is 0 Å². The van der Waals surface area contributed by atoms with Crippen LogP contribution in [0.15, 0.2) is 14.7 Å². The smallest absolute Gasteiger partial charge is 0.311 e. The lowest BCUT2D eigenvalue weighted by atomic mass is 10.5. The molecule has 23 heavy (non-hydrogen) atoms. The molecule has 0 radical (unpaired) electrons. The van der Waals surface area contributed by atoms with Gasteiger partial charge in [0.1, 0.15) is 0 Å². The van der Waals surface area contributed by atoms with Gasteiger partial charge in [0, 0.05) is 21.1 Å². The third kappa shape index (κ3) is 2.65. The Hall–Kier alpha value is -2.15. The number of imidazole rings is 1. The van der Waals surface area contributed by atoms with Crippen molar-refractivity contribution in [1.29, 1.82) is 0 Å². The van der Waals surface area contributed by atoms with E-state index in [1.165, 1.54) is 14.1 Å². The number of fused-ring (bicyclic) bond motifs is 1. The van der Waals surface area contributed by atoms with Gasteiger partial charge in [0.15, 0.2) is 11.2 Å². The van der Waals surface area contributed by atoms with E-state index in [-0.39, 0.29) is 11.2 Å². The van der Waals surface area contributed by atoms with E-state index in [9.17, 15) is 31.2 Å². The lowest BCUT2D eigenvalue weighted by molar-refractivity contribution is 0.0439. The lowest BCUT2D eigenvalue weighted by Crippen LogP contribution is -2.38. The van der Waals surface area contributed by atoms with Crippen LogP contribution in [0.4, 0.5) is 13.2 Å². The van der Waals surface area contributed by atoms with Crippen LogP contribution in [0, 0.1) is 0 Å². The van der Waals surface area contributed by atoms with Crippen molar-refractivity contribution in [2.75, 3.05) is 0 Å². The monoisotopic (exact) mass is 355 g/mol. The summed E-state index contributed by atoms with van der Waals surface area (Å²) >= 11 is 0. The molecule has 13 heteroatoms. The molecule has 9 nitrogen and oxygen atoms in total. The SMILES string of the molecule is Cn1c(=O)c2c(nc(S(=O)(=O)NC(F)C(F)F)n2C)n(C)c1=O. The Kier molecular flexibility index (Phi) is 4.11. The molecule has 1 N–H and O–H groups in total. The van der Waals surface area contributed by atoms with Crippen LogP contribution in [0.3, 0.4) is 0 Å². The molecule has 0 spiro atoms. The number of nitrogens with zero attached hydrogens (tertiary/aromatic N) is 4. The first-order valence-electron chi connectivity index (χ1n) is 6.06. The van der Waals surface area contributed by atoms with E-state index in [0.717, 1.165) is 25.5 Å². The van der Waals surface area contributed by atoms with E-state index in [1.54, 1.807) is 0 Å². The van der Waals surface area contributed by atoms with Crippen LogP contribution in [0.25, 0.3) is 11.2 Å². The van der Waals surface area contributed by atoms with Crippen LogP contribution < -0.4 is 16.0 Å². The third-order valence-corrected chi connectivity index (χ3v) is 4.55. The minimum absolute atomic E-state index is 0.248. The van der Waals surface area contributed by atoms with Gasteiger partial charge in [-0.25, -0.2) is 26.4 Å². The number of alkyl halides is 3. The highest BCUT2D eigenvalue weighted by Gasteiger charge is 2.31. The zero-order valence-corrected chi connectivity index (χ0v) is 12.9. The topological polar surface area (TPSA) is 108 Å². The summed E-state index contributed by atoms with van der Waals surface area (Å²) in [6.45, 7) is 0. The molecule has 0 saturated carbocycles. The first kappa shape index (κ1) is 17.2. The Morgan fingerprint density at radius 3 is 2.13 bits per heavy atom. The molecule has 0 saturated heterocycles. The molecule has 2 rings (SSSR count). The number of aromatic nitrogens is 4. The number of hydrogen-bond donors (Lipinski definition) is 1. The van der Waals surface area contributed by atoms with Crippen molar-refractivity contribution in [1.82, 2.24) is 23.4 Å². The van der Waals surface area contributed by atoms with Crippen molar-refractivity contribution >= 4 is 21.2 Å². The van der Waals surface area contributed by atoms with Gasteiger partial charge >= 0.3 is 5.69 Å². The highest BCUT2D eigenvalue weighted by atomic mass is 32.2. The van der Waals surface area contributed by atoms with Crippen LogP contribution in [0.1, 0.15) is 0 Å². The van der Waals surface area contributed by atoms with Gasteiger partial charge in [-0.1, -0.05) is 0 Å². The van der Waals surface area contributed by atoms with E-state index < -0.39 is 39.1 Å². The third-order valence-electron chi connectivity index (χ3n) is 3.16. The molecule has 0 aliphatic heterocycles. The highest BCUT2D eigenvalue weighted by Crippen LogP contribution is 2.15. The Labute approximate surface area is 127 Å². The van der Waals surface area contributed by atoms with Crippen molar-refractivity contribution < 1.29 is 21.6 Å². The summed E-state index contributed by atoms with van der Waals surface area (Å²) in [5.74, 6) is 0. The number of nitrogens with one attached hydrogen (secondary N) is 1. The fourth-order valence-electron chi connectivity index (χ4n) is 1.99. The normalized spacial score (nSPS) is 13.9. The molecule has 128 valence electrons.